The molecule has 6 atom stereocenters. The lowest BCUT2D eigenvalue weighted by atomic mass is 10.00. The van der Waals surface area contributed by atoms with Gasteiger partial charge in [0.15, 0.2) is 0 Å². The van der Waals surface area contributed by atoms with E-state index in [2.05, 4.69) is 36.7 Å². The van der Waals surface area contributed by atoms with Crippen LogP contribution in [0.15, 0.2) is 24.3 Å². The average molecular weight is 581 g/mol. The average Bonchev–Trinajstić information content (AvgIpc) is 3.47. The molecule has 0 N–H and O–H groups in total. The molecular formula is C24H36O4S6. The molecule has 2 saturated heterocycles. The number of thioether (sulfide) groups is 6. The molecule has 34 heavy (non-hydrogen) atoms. The molecule has 3 aliphatic rings. The first kappa shape index (κ1) is 29.1. The van der Waals surface area contributed by atoms with Gasteiger partial charge in [0.25, 0.3) is 0 Å². The van der Waals surface area contributed by atoms with Gasteiger partial charge < -0.3 is 9.47 Å². The van der Waals surface area contributed by atoms with Gasteiger partial charge in [-0.25, -0.2) is 9.59 Å². The van der Waals surface area contributed by atoms with E-state index < -0.39 is 0 Å². The summed E-state index contributed by atoms with van der Waals surface area (Å²) in [7, 11) is 0. The van der Waals surface area contributed by atoms with Crippen LogP contribution in [0.5, 0.6) is 0 Å². The van der Waals surface area contributed by atoms with Crippen LogP contribution in [-0.2, 0) is 19.1 Å². The first-order chi connectivity index (χ1) is 16.3. The SMILES string of the molecule is C=C(C)C(=O)OCC1CSC(CSC2CCCC(SCC3SCC(COC(=O)C(=C)C)S3)C2)S1. The van der Waals surface area contributed by atoms with Crippen molar-refractivity contribution < 1.29 is 19.1 Å². The fourth-order valence-corrected chi connectivity index (χ4v) is 13.9. The van der Waals surface area contributed by atoms with Gasteiger partial charge in [0, 0.05) is 55.2 Å². The second-order valence-corrected chi connectivity index (χ2v) is 17.6. The molecule has 0 bridgehead atoms. The molecule has 6 unspecified atom stereocenters. The molecule has 0 amide bonds. The first-order valence-electron chi connectivity index (χ1n) is 11.7. The highest BCUT2D eigenvalue weighted by Crippen LogP contribution is 2.44. The van der Waals surface area contributed by atoms with Crippen molar-refractivity contribution in [1.29, 1.82) is 0 Å². The summed E-state index contributed by atoms with van der Waals surface area (Å²) in [6, 6.07) is 0. The normalized spacial score (nSPS) is 31.2. The van der Waals surface area contributed by atoms with Gasteiger partial charge in [-0.15, -0.1) is 47.0 Å². The predicted octanol–water partition coefficient (Wildman–Crippen LogP) is 6.35. The van der Waals surface area contributed by atoms with Gasteiger partial charge in [0.05, 0.1) is 9.16 Å². The quantitative estimate of drug-likeness (QED) is 0.193. The predicted molar refractivity (Wildman–Crippen MR) is 158 cm³/mol. The standard InChI is InChI=1S/C24H36O4S6/c1-15(2)23(25)27-9-19-11-31-21(33-19)13-29-17-6-5-7-18(8-17)30-14-22-32-12-20(34-22)10-28-24(26)16(3)4/h17-22H,1,3,5-14H2,2,4H3. The Balaban J connectivity index is 1.27. The molecular weight excluding hydrogens is 545 g/mol. The summed E-state index contributed by atoms with van der Waals surface area (Å²) >= 11 is 12.3. The zero-order valence-corrected chi connectivity index (χ0v) is 24.9. The summed E-state index contributed by atoms with van der Waals surface area (Å²) in [6.07, 6.45) is 5.34. The van der Waals surface area contributed by atoms with E-state index in [1.807, 2.05) is 47.0 Å². The molecule has 0 aromatic heterocycles. The van der Waals surface area contributed by atoms with Gasteiger partial charge in [-0.05, 0) is 33.1 Å². The number of carbonyl (C=O) groups is 2. The second-order valence-electron chi connectivity index (χ2n) is 8.88. The van der Waals surface area contributed by atoms with Crippen LogP contribution in [-0.4, -0.2) is 78.3 Å². The fraction of sp³-hybridized carbons (Fsp3) is 0.750. The maximum atomic E-state index is 11.6. The highest BCUT2D eigenvalue weighted by atomic mass is 32.2. The molecule has 3 rings (SSSR count). The van der Waals surface area contributed by atoms with E-state index in [0.29, 0.717) is 44.0 Å². The molecule has 2 heterocycles. The lowest BCUT2D eigenvalue weighted by Crippen LogP contribution is -2.21. The van der Waals surface area contributed by atoms with Gasteiger partial charge in [0.1, 0.15) is 13.2 Å². The smallest absolute Gasteiger partial charge is 0.333 e. The zero-order chi connectivity index (χ0) is 24.5. The Morgan fingerprint density at radius 3 is 1.68 bits per heavy atom. The molecule has 10 heteroatoms. The maximum Gasteiger partial charge on any atom is 0.333 e. The topological polar surface area (TPSA) is 52.6 Å². The Morgan fingerprint density at radius 2 is 1.26 bits per heavy atom. The molecule has 2 aliphatic heterocycles. The molecule has 4 nitrogen and oxygen atoms in total. The Hall–Kier alpha value is 0.520. The molecule has 0 radical (unpaired) electrons. The number of esters is 2. The van der Waals surface area contributed by atoms with E-state index in [0.717, 1.165) is 22.0 Å². The minimum atomic E-state index is -0.273. The van der Waals surface area contributed by atoms with Crippen LogP contribution >= 0.6 is 70.6 Å². The van der Waals surface area contributed by atoms with Crippen molar-refractivity contribution >= 4 is 82.5 Å². The summed E-state index contributed by atoms with van der Waals surface area (Å²) < 4.78 is 11.9. The zero-order valence-electron chi connectivity index (χ0n) is 20.0. The molecule has 1 aliphatic carbocycles. The van der Waals surface area contributed by atoms with Crippen molar-refractivity contribution in [3.63, 3.8) is 0 Å². The van der Waals surface area contributed by atoms with E-state index in [1.54, 1.807) is 13.8 Å². The van der Waals surface area contributed by atoms with Crippen LogP contribution in [0, 0.1) is 0 Å². The van der Waals surface area contributed by atoms with Crippen molar-refractivity contribution in [2.24, 2.45) is 0 Å². The Morgan fingerprint density at radius 1 is 0.824 bits per heavy atom. The van der Waals surface area contributed by atoms with Crippen LogP contribution in [0.2, 0.25) is 0 Å². The largest absolute Gasteiger partial charge is 0.461 e. The van der Waals surface area contributed by atoms with Crippen LogP contribution in [0.1, 0.15) is 39.5 Å². The van der Waals surface area contributed by atoms with E-state index in [-0.39, 0.29) is 11.9 Å². The van der Waals surface area contributed by atoms with E-state index in [4.69, 9.17) is 9.47 Å². The van der Waals surface area contributed by atoms with E-state index >= 15 is 0 Å². The van der Waals surface area contributed by atoms with Crippen molar-refractivity contribution in [3.8, 4) is 0 Å². The number of carbonyl (C=O) groups excluding carboxylic acids is 2. The number of rotatable bonds is 12. The van der Waals surface area contributed by atoms with Crippen molar-refractivity contribution in [1.82, 2.24) is 0 Å². The third-order valence-corrected chi connectivity index (χ3v) is 15.8. The summed E-state index contributed by atoms with van der Waals surface area (Å²) in [5, 5.41) is 2.35. The van der Waals surface area contributed by atoms with Gasteiger partial charge in [-0.3, -0.25) is 0 Å². The summed E-state index contributed by atoms with van der Waals surface area (Å²) in [6.45, 7) is 11.7. The van der Waals surface area contributed by atoms with Gasteiger partial charge >= 0.3 is 11.9 Å². The third-order valence-electron chi connectivity index (χ3n) is 5.64. The Bertz CT molecular complexity index is 674. The lowest BCUT2D eigenvalue weighted by Gasteiger charge is -2.29. The number of hydrogen-bond donors (Lipinski definition) is 0. The van der Waals surface area contributed by atoms with Crippen LogP contribution < -0.4 is 0 Å². The molecule has 0 aromatic rings. The molecule has 0 aromatic carbocycles. The maximum absolute atomic E-state index is 11.6. The second kappa shape index (κ2) is 15.1. The van der Waals surface area contributed by atoms with Crippen molar-refractivity contribution in [3.05, 3.63) is 24.3 Å². The van der Waals surface area contributed by atoms with E-state index in [9.17, 15) is 9.59 Å². The van der Waals surface area contributed by atoms with E-state index in [1.165, 1.54) is 37.2 Å². The number of hydrogen-bond acceptors (Lipinski definition) is 10. The van der Waals surface area contributed by atoms with Gasteiger partial charge in [-0.2, -0.15) is 23.5 Å². The number of ether oxygens (including phenoxy) is 2. The van der Waals surface area contributed by atoms with Crippen LogP contribution in [0.3, 0.4) is 0 Å². The molecule has 1 saturated carbocycles. The van der Waals surface area contributed by atoms with Crippen molar-refractivity contribution in [2.75, 3.05) is 36.2 Å². The Kier molecular flexibility index (Phi) is 12.9. The monoisotopic (exact) mass is 580 g/mol. The third kappa shape index (κ3) is 10.1. The molecule has 0 spiro atoms. The van der Waals surface area contributed by atoms with Crippen LogP contribution in [0.4, 0.5) is 0 Å². The lowest BCUT2D eigenvalue weighted by molar-refractivity contribution is -0.139. The van der Waals surface area contributed by atoms with Crippen LogP contribution in [0.25, 0.3) is 0 Å². The summed E-state index contributed by atoms with van der Waals surface area (Å²) in [4.78, 5) is 23.2. The summed E-state index contributed by atoms with van der Waals surface area (Å²) in [5.41, 5.74) is 0.947. The fourth-order valence-electron chi connectivity index (χ4n) is 3.78. The van der Waals surface area contributed by atoms with Crippen molar-refractivity contribution in [2.45, 2.75) is 69.7 Å². The minimum absolute atomic E-state index is 0.273. The molecule has 192 valence electrons. The van der Waals surface area contributed by atoms with Gasteiger partial charge in [0.2, 0.25) is 0 Å². The summed E-state index contributed by atoms with van der Waals surface area (Å²) in [5.74, 6) is 3.94. The first-order valence-corrected chi connectivity index (χ1v) is 17.8. The minimum Gasteiger partial charge on any atom is -0.461 e. The Labute approximate surface area is 230 Å². The highest BCUT2D eigenvalue weighted by Gasteiger charge is 2.31. The molecule has 3 fully saturated rings. The van der Waals surface area contributed by atoms with Gasteiger partial charge in [-0.1, -0.05) is 19.6 Å². The highest BCUT2D eigenvalue weighted by molar-refractivity contribution is 8.22.